The van der Waals surface area contributed by atoms with Crippen LogP contribution in [0.4, 0.5) is 0 Å². The molecule has 1 aromatic heterocycles. The molecular formula is C23H28BrN3O2. The van der Waals surface area contributed by atoms with Gasteiger partial charge in [-0.15, -0.1) is 0 Å². The molecule has 0 radical (unpaired) electrons. The monoisotopic (exact) mass is 457 g/mol. The number of nitrogens with zero attached hydrogens (tertiary/aromatic N) is 2. The number of carbonyl (C=O) groups is 1. The first-order chi connectivity index (χ1) is 14.0. The summed E-state index contributed by atoms with van der Waals surface area (Å²) in [6.07, 6.45) is 3.84. The molecule has 1 aliphatic rings. The Balaban J connectivity index is 2.04. The lowest BCUT2D eigenvalue weighted by Gasteiger charge is -2.25. The number of ketones is 1. The van der Waals surface area contributed by atoms with Crippen LogP contribution in [-0.2, 0) is 11.2 Å². The summed E-state index contributed by atoms with van der Waals surface area (Å²) in [7, 11) is 0. The molecule has 0 spiro atoms. The molecule has 3 atom stereocenters. The molecule has 0 bridgehead atoms. The minimum absolute atomic E-state index is 0.0374. The van der Waals surface area contributed by atoms with Crippen LogP contribution in [0, 0.1) is 0 Å². The predicted octanol–water partition coefficient (Wildman–Crippen LogP) is 3.70. The maximum absolute atomic E-state index is 12.0. The van der Waals surface area contributed by atoms with Crippen molar-refractivity contribution in [2.45, 2.75) is 57.7 Å². The molecule has 29 heavy (non-hydrogen) atoms. The number of aliphatic imine (C=N–C) groups is 1. The molecule has 5 nitrogen and oxygen atoms in total. The predicted molar refractivity (Wildman–Crippen MR) is 120 cm³/mol. The van der Waals surface area contributed by atoms with Crippen LogP contribution in [0.5, 0.6) is 0 Å². The van der Waals surface area contributed by atoms with E-state index < -0.39 is 6.10 Å². The van der Waals surface area contributed by atoms with Crippen molar-refractivity contribution in [2.75, 3.05) is 6.54 Å². The van der Waals surface area contributed by atoms with Crippen molar-refractivity contribution >= 4 is 27.4 Å². The van der Waals surface area contributed by atoms with Gasteiger partial charge in [-0.05, 0) is 49.6 Å². The van der Waals surface area contributed by atoms with Crippen molar-refractivity contribution in [2.24, 2.45) is 4.99 Å². The highest BCUT2D eigenvalue weighted by atomic mass is 79.9. The minimum atomic E-state index is -0.445. The van der Waals surface area contributed by atoms with Crippen molar-refractivity contribution in [3.63, 3.8) is 0 Å². The second-order valence-electron chi connectivity index (χ2n) is 7.56. The van der Waals surface area contributed by atoms with Crippen LogP contribution < -0.4 is 5.32 Å². The first-order valence-electron chi connectivity index (χ1n) is 10.2. The number of aliphatic hydroxyl groups is 1. The summed E-state index contributed by atoms with van der Waals surface area (Å²) in [5.41, 5.74) is 3.93. The fraction of sp³-hybridized carbons (Fsp3) is 0.435. The van der Waals surface area contributed by atoms with Gasteiger partial charge in [-0.2, -0.15) is 0 Å². The molecule has 154 valence electrons. The summed E-state index contributed by atoms with van der Waals surface area (Å²) in [5.74, 6) is 0.248. The van der Waals surface area contributed by atoms with Crippen LogP contribution in [0.2, 0.25) is 0 Å². The number of nitrogens with one attached hydrogen (secondary N) is 1. The van der Waals surface area contributed by atoms with Crippen molar-refractivity contribution in [3.8, 4) is 0 Å². The van der Waals surface area contributed by atoms with Crippen LogP contribution in [0.15, 0.2) is 52.1 Å². The Hall–Kier alpha value is -1.89. The highest BCUT2D eigenvalue weighted by Gasteiger charge is 2.29. The van der Waals surface area contributed by atoms with E-state index in [1.54, 1.807) is 13.1 Å². The number of hydrogen-bond donors (Lipinski definition) is 2. The standard InChI is InChI=1S/C23H28BrN3O2/c1-3-18(29)9-10-20-22(26-14-15(2)28)12-16-7-8-17(24)13-19(16)23(27-20)21-6-4-5-11-25-21/h4-8,11,13,15,20,22,26,28H,3,9-10,12,14H2,1-2H3/t15?,20-,22?/m0/s1. The number of fused-ring (bicyclic) bond motifs is 1. The van der Waals surface area contributed by atoms with Crippen LogP contribution in [-0.4, -0.2) is 46.3 Å². The quantitative estimate of drug-likeness (QED) is 0.633. The van der Waals surface area contributed by atoms with Gasteiger partial charge in [0.25, 0.3) is 0 Å². The summed E-state index contributed by atoms with van der Waals surface area (Å²) >= 11 is 3.59. The van der Waals surface area contributed by atoms with Gasteiger partial charge in [-0.1, -0.05) is 35.0 Å². The van der Waals surface area contributed by atoms with Crippen LogP contribution >= 0.6 is 15.9 Å². The van der Waals surface area contributed by atoms with Crippen molar-refractivity contribution in [1.29, 1.82) is 0 Å². The summed E-state index contributed by atoms with van der Waals surface area (Å²) < 4.78 is 0.994. The van der Waals surface area contributed by atoms with E-state index in [9.17, 15) is 9.90 Å². The number of carbonyl (C=O) groups excluding carboxylic acids is 1. The highest BCUT2D eigenvalue weighted by molar-refractivity contribution is 9.10. The van der Waals surface area contributed by atoms with Gasteiger partial charge in [-0.25, -0.2) is 0 Å². The van der Waals surface area contributed by atoms with E-state index in [4.69, 9.17) is 4.99 Å². The van der Waals surface area contributed by atoms with Crippen LogP contribution in [0.25, 0.3) is 0 Å². The van der Waals surface area contributed by atoms with E-state index in [1.165, 1.54) is 5.56 Å². The molecule has 2 unspecified atom stereocenters. The smallest absolute Gasteiger partial charge is 0.132 e. The number of Topliss-reactive ketones (excluding diaryl/α,β-unsaturated/α-hetero) is 1. The van der Waals surface area contributed by atoms with E-state index in [-0.39, 0.29) is 17.9 Å². The van der Waals surface area contributed by atoms with Gasteiger partial charge in [0.15, 0.2) is 0 Å². The molecule has 6 heteroatoms. The SMILES string of the molecule is CCC(=O)CC[C@@H]1N=C(c2ccccn2)c2cc(Br)ccc2CC1NCC(C)O. The summed E-state index contributed by atoms with van der Waals surface area (Å²) in [6, 6.07) is 12.0. The lowest BCUT2D eigenvalue weighted by Crippen LogP contribution is -2.43. The van der Waals surface area contributed by atoms with Crippen molar-refractivity contribution in [3.05, 3.63) is 63.9 Å². The Morgan fingerprint density at radius 2 is 2.17 bits per heavy atom. The number of pyridine rings is 1. The molecule has 2 N–H and O–H groups in total. The third-order valence-corrected chi connectivity index (χ3v) is 5.72. The first kappa shape index (κ1) is 21.8. The summed E-state index contributed by atoms with van der Waals surface area (Å²) in [4.78, 5) is 21.7. The second kappa shape index (κ2) is 10.2. The van der Waals surface area contributed by atoms with E-state index in [2.05, 4.69) is 38.4 Å². The largest absolute Gasteiger partial charge is 0.392 e. The zero-order valence-electron chi connectivity index (χ0n) is 16.9. The third-order valence-electron chi connectivity index (χ3n) is 5.22. The average Bonchev–Trinajstić information content (AvgIpc) is 2.87. The van der Waals surface area contributed by atoms with Gasteiger partial charge in [-0.3, -0.25) is 14.8 Å². The zero-order valence-corrected chi connectivity index (χ0v) is 18.5. The molecule has 2 heterocycles. The number of rotatable bonds is 8. The molecule has 0 amide bonds. The van der Waals surface area contributed by atoms with Gasteiger partial charge in [0.05, 0.1) is 23.6 Å². The van der Waals surface area contributed by atoms with E-state index in [0.29, 0.717) is 25.8 Å². The first-order valence-corrected chi connectivity index (χ1v) is 11.0. The Morgan fingerprint density at radius 3 is 2.86 bits per heavy atom. The highest BCUT2D eigenvalue weighted by Crippen LogP contribution is 2.27. The van der Waals surface area contributed by atoms with Crippen molar-refractivity contribution in [1.82, 2.24) is 10.3 Å². The van der Waals surface area contributed by atoms with E-state index in [0.717, 1.165) is 27.9 Å². The molecular weight excluding hydrogens is 430 g/mol. The Bertz CT molecular complexity index is 868. The van der Waals surface area contributed by atoms with Gasteiger partial charge < -0.3 is 10.4 Å². The van der Waals surface area contributed by atoms with Gasteiger partial charge >= 0.3 is 0 Å². The van der Waals surface area contributed by atoms with E-state index in [1.807, 2.05) is 31.2 Å². The topological polar surface area (TPSA) is 74.6 Å². The molecule has 1 aromatic carbocycles. The molecule has 0 aliphatic carbocycles. The van der Waals surface area contributed by atoms with Gasteiger partial charge in [0.1, 0.15) is 5.78 Å². The molecule has 0 saturated carbocycles. The second-order valence-corrected chi connectivity index (χ2v) is 8.48. The van der Waals surface area contributed by atoms with E-state index >= 15 is 0 Å². The van der Waals surface area contributed by atoms with Crippen LogP contribution in [0.1, 0.15) is 49.9 Å². The summed E-state index contributed by atoms with van der Waals surface area (Å²) in [6.45, 7) is 4.16. The fourth-order valence-corrected chi connectivity index (χ4v) is 3.99. The Labute approximate surface area is 180 Å². The molecule has 2 aromatic rings. The van der Waals surface area contributed by atoms with Crippen LogP contribution in [0.3, 0.4) is 0 Å². The van der Waals surface area contributed by atoms with Gasteiger partial charge in [0, 0.05) is 41.7 Å². The normalized spacial score (nSPS) is 19.8. The Morgan fingerprint density at radius 1 is 1.34 bits per heavy atom. The fourth-order valence-electron chi connectivity index (χ4n) is 3.63. The Kier molecular flexibility index (Phi) is 7.70. The van der Waals surface area contributed by atoms with Crippen molar-refractivity contribution < 1.29 is 9.90 Å². The lowest BCUT2D eigenvalue weighted by molar-refractivity contribution is -0.118. The molecule has 1 aliphatic heterocycles. The number of aromatic nitrogens is 1. The lowest BCUT2D eigenvalue weighted by atomic mass is 9.93. The third kappa shape index (κ3) is 5.81. The molecule has 0 saturated heterocycles. The van der Waals surface area contributed by atoms with Gasteiger partial charge in [0.2, 0.25) is 0 Å². The number of halogens is 1. The maximum atomic E-state index is 12.0. The molecule has 0 fully saturated rings. The minimum Gasteiger partial charge on any atom is -0.392 e. The number of aliphatic hydroxyl groups excluding tert-OH is 1. The average molecular weight is 458 g/mol. The number of hydrogen-bond acceptors (Lipinski definition) is 5. The zero-order chi connectivity index (χ0) is 20.8. The maximum Gasteiger partial charge on any atom is 0.132 e. The number of benzene rings is 1. The summed E-state index contributed by atoms with van der Waals surface area (Å²) in [5, 5.41) is 13.3. The molecule has 3 rings (SSSR count).